The number of hydrogen-bond acceptors (Lipinski definition) is 1. The van der Waals surface area contributed by atoms with Crippen molar-refractivity contribution in [2.45, 2.75) is 27.2 Å². The zero-order valence-electron chi connectivity index (χ0n) is 10.3. The van der Waals surface area contributed by atoms with Gasteiger partial charge in [-0.15, -0.1) is 0 Å². The van der Waals surface area contributed by atoms with Crippen LogP contribution < -0.4 is 5.32 Å². The lowest BCUT2D eigenvalue weighted by Gasteiger charge is -2.05. The summed E-state index contributed by atoms with van der Waals surface area (Å²) in [5.41, 5.74) is 2.83. The SMILES string of the molecule is CCNCCC=C(C)c1cc(C)ccc1F. The molecule has 0 unspecified atom stereocenters. The maximum atomic E-state index is 13.5. The Morgan fingerprint density at radius 3 is 2.88 bits per heavy atom. The Balaban J connectivity index is 2.71. The monoisotopic (exact) mass is 221 g/mol. The first-order valence-electron chi connectivity index (χ1n) is 5.79. The van der Waals surface area contributed by atoms with Crippen LogP contribution in [0.25, 0.3) is 5.57 Å². The fourth-order valence-electron chi connectivity index (χ4n) is 1.62. The van der Waals surface area contributed by atoms with Crippen molar-refractivity contribution in [1.29, 1.82) is 0 Å². The summed E-state index contributed by atoms with van der Waals surface area (Å²) in [4.78, 5) is 0. The van der Waals surface area contributed by atoms with Gasteiger partial charge in [0.15, 0.2) is 0 Å². The Hall–Kier alpha value is -1.15. The second kappa shape index (κ2) is 6.44. The zero-order chi connectivity index (χ0) is 12.0. The Bertz CT molecular complexity index is 369. The molecule has 0 atom stereocenters. The predicted octanol–water partition coefficient (Wildman–Crippen LogP) is 3.54. The summed E-state index contributed by atoms with van der Waals surface area (Å²) in [6.45, 7) is 7.95. The van der Waals surface area contributed by atoms with E-state index in [4.69, 9.17) is 0 Å². The molecule has 88 valence electrons. The number of rotatable bonds is 5. The summed E-state index contributed by atoms with van der Waals surface area (Å²) in [7, 11) is 0. The second-order valence-corrected chi connectivity index (χ2v) is 4.01. The molecule has 0 aromatic heterocycles. The van der Waals surface area contributed by atoms with Gasteiger partial charge in [-0.05, 0) is 51.1 Å². The summed E-state index contributed by atoms with van der Waals surface area (Å²) in [6, 6.07) is 5.23. The number of aryl methyl sites for hydroxylation is 1. The Labute approximate surface area is 97.4 Å². The normalized spacial score (nSPS) is 11.9. The molecule has 0 saturated carbocycles. The van der Waals surface area contributed by atoms with Gasteiger partial charge in [-0.1, -0.05) is 24.6 Å². The fourth-order valence-corrected chi connectivity index (χ4v) is 1.62. The number of benzene rings is 1. The molecule has 2 heteroatoms. The molecule has 0 bridgehead atoms. The molecule has 0 radical (unpaired) electrons. The van der Waals surface area contributed by atoms with E-state index in [1.165, 1.54) is 6.07 Å². The second-order valence-electron chi connectivity index (χ2n) is 4.01. The highest BCUT2D eigenvalue weighted by atomic mass is 19.1. The van der Waals surface area contributed by atoms with E-state index < -0.39 is 0 Å². The highest BCUT2D eigenvalue weighted by Gasteiger charge is 2.03. The third-order valence-electron chi connectivity index (χ3n) is 2.57. The molecule has 0 fully saturated rings. The van der Waals surface area contributed by atoms with Gasteiger partial charge in [0.25, 0.3) is 0 Å². The van der Waals surface area contributed by atoms with Gasteiger partial charge in [0.05, 0.1) is 0 Å². The van der Waals surface area contributed by atoms with E-state index in [0.717, 1.165) is 36.2 Å². The van der Waals surface area contributed by atoms with Gasteiger partial charge in [-0.3, -0.25) is 0 Å². The van der Waals surface area contributed by atoms with Crippen LogP contribution in [0, 0.1) is 12.7 Å². The van der Waals surface area contributed by atoms with Gasteiger partial charge >= 0.3 is 0 Å². The first-order valence-corrected chi connectivity index (χ1v) is 5.79. The largest absolute Gasteiger partial charge is 0.317 e. The van der Waals surface area contributed by atoms with Gasteiger partial charge in [-0.25, -0.2) is 4.39 Å². The molecule has 0 aliphatic carbocycles. The highest BCUT2D eigenvalue weighted by molar-refractivity contribution is 5.64. The molecule has 0 amide bonds. The minimum atomic E-state index is -0.136. The minimum absolute atomic E-state index is 0.136. The fraction of sp³-hybridized carbons (Fsp3) is 0.429. The summed E-state index contributed by atoms with van der Waals surface area (Å²) >= 11 is 0. The summed E-state index contributed by atoms with van der Waals surface area (Å²) in [5, 5.41) is 3.24. The van der Waals surface area contributed by atoms with Crippen LogP contribution in [0.1, 0.15) is 31.4 Å². The number of hydrogen-bond donors (Lipinski definition) is 1. The molecule has 1 aromatic carbocycles. The van der Waals surface area contributed by atoms with E-state index in [2.05, 4.69) is 18.3 Å². The molecule has 1 N–H and O–H groups in total. The molecule has 0 spiro atoms. The van der Waals surface area contributed by atoms with E-state index in [0.29, 0.717) is 0 Å². The molecule has 1 rings (SSSR count). The molecule has 0 heterocycles. The molecule has 0 aliphatic heterocycles. The topological polar surface area (TPSA) is 12.0 Å². The molecule has 0 saturated heterocycles. The van der Waals surface area contributed by atoms with Crippen molar-refractivity contribution in [1.82, 2.24) is 5.32 Å². The first kappa shape index (κ1) is 12.9. The number of nitrogens with one attached hydrogen (secondary N) is 1. The Morgan fingerprint density at radius 2 is 2.19 bits per heavy atom. The standard InChI is InChI=1S/C14H20FN/c1-4-16-9-5-6-12(3)13-10-11(2)7-8-14(13)15/h6-8,10,16H,4-5,9H2,1-3H3. The lowest BCUT2D eigenvalue weighted by molar-refractivity contribution is 0.623. The van der Waals surface area contributed by atoms with Crippen molar-refractivity contribution in [3.8, 4) is 0 Å². The predicted molar refractivity (Wildman–Crippen MR) is 67.9 cm³/mol. The quantitative estimate of drug-likeness (QED) is 0.750. The van der Waals surface area contributed by atoms with Crippen molar-refractivity contribution in [2.75, 3.05) is 13.1 Å². The van der Waals surface area contributed by atoms with Crippen molar-refractivity contribution >= 4 is 5.57 Å². The maximum Gasteiger partial charge on any atom is 0.130 e. The van der Waals surface area contributed by atoms with Crippen molar-refractivity contribution in [3.63, 3.8) is 0 Å². The van der Waals surface area contributed by atoms with Gasteiger partial charge in [0.2, 0.25) is 0 Å². The Kier molecular flexibility index (Phi) is 5.20. The lowest BCUT2D eigenvalue weighted by Crippen LogP contribution is -2.13. The van der Waals surface area contributed by atoms with Crippen LogP contribution in [0.4, 0.5) is 4.39 Å². The third-order valence-corrected chi connectivity index (χ3v) is 2.57. The Morgan fingerprint density at radius 1 is 1.44 bits per heavy atom. The van der Waals surface area contributed by atoms with Crippen molar-refractivity contribution < 1.29 is 4.39 Å². The average Bonchev–Trinajstić information content (AvgIpc) is 2.27. The van der Waals surface area contributed by atoms with Gasteiger partial charge in [0.1, 0.15) is 5.82 Å². The summed E-state index contributed by atoms with van der Waals surface area (Å²) in [5.74, 6) is -0.136. The van der Waals surface area contributed by atoms with E-state index in [1.807, 2.05) is 19.9 Å². The van der Waals surface area contributed by atoms with Crippen LogP contribution in [0.5, 0.6) is 0 Å². The van der Waals surface area contributed by atoms with Gasteiger partial charge in [0, 0.05) is 5.56 Å². The highest BCUT2D eigenvalue weighted by Crippen LogP contribution is 2.19. The van der Waals surface area contributed by atoms with Gasteiger partial charge < -0.3 is 5.32 Å². The van der Waals surface area contributed by atoms with Crippen LogP contribution >= 0.6 is 0 Å². The molecule has 16 heavy (non-hydrogen) atoms. The maximum absolute atomic E-state index is 13.5. The van der Waals surface area contributed by atoms with Gasteiger partial charge in [-0.2, -0.15) is 0 Å². The van der Waals surface area contributed by atoms with Crippen LogP contribution in [0.15, 0.2) is 24.3 Å². The van der Waals surface area contributed by atoms with E-state index in [9.17, 15) is 4.39 Å². The zero-order valence-corrected chi connectivity index (χ0v) is 10.3. The molecular weight excluding hydrogens is 201 g/mol. The smallest absolute Gasteiger partial charge is 0.130 e. The molecule has 1 aromatic rings. The van der Waals surface area contributed by atoms with E-state index >= 15 is 0 Å². The van der Waals surface area contributed by atoms with Crippen LogP contribution in [-0.4, -0.2) is 13.1 Å². The minimum Gasteiger partial charge on any atom is -0.317 e. The average molecular weight is 221 g/mol. The van der Waals surface area contributed by atoms with E-state index in [1.54, 1.807) is 6.07 Å². The number of halogens is 1. The summed E-state index contributed by atoms with van der Waals surface area (Å²) in [6.07, 6.45) is 3.02. The molecule has 0 aliphatic rings. The van der Waals surface area contributed by atoms with Crippen LogP contribution in [0.3, 0.4) is 0 Å². The van der Waals surface area contributed by atoms with E-state index in [-0.39, 0.29) is 5.82 Å². The number of allylic oxidation sites excluding steroid dienone is 1. The third kappa shape index (κ3) is 3.78. The molecule has 1 nitrogen and oxygen atoms in total. The van der Waals surface area contributed by atoms with Crippen LogP contribution in [-0.2, 0) is 0 Å². The van der Waals surface area contributed by atoms with Crippen molar-refractivity contribution in [3.05, 3.63) is 41.2 Å². The molecular formula is C14H20FN. The lowest BCUT2D eigenvalue weighted by atomic mass is 10.0. The first-order chi connectivity index (χ1) is 7.65. The summed E-state index contributed by atoms with van der Waals surface area (Å²) < 4.78 is 13.5. The van der Waals surface area contributed by atoms with Crippen molar-refractivity contribution in [2.24, 2.45) is 0 Å². The van der Waals surface area contributed by atoms with Crippen LogP contribution in [0.2, 0.25) is 0 Å².